The van der Waals surface area contributed by atoms with Gasteiger partial charge in [0.25, 0.3) is 0 Å². The molecule has 2 heteroatoms. The number of aliphatic hydroxyl groups is 1. The maximum Gasteiger partial charge on any atom is 0.0823 e. The minimum Gasteiger partial charge on any atom is -0.390 e. The highest BCUT2D eigenvalue weighted by Gasteiger charge is 1.88. The highest BCUT2D eigenvalue weighted by atomic mass is 16.3. The lowest BCUT2D eigenvalue weighted by Crippen LogP contribution is -2.12. The molecule has 0 aromatic heterocycles. The molecule has 1 N–H and O–H groups in total. The molecule has 0 heterocycles. The molecule has 0 saturated heterocycles. The molecule has 0 aromatic rings. The first-order valence-corrected chi connectivity index (χ1v) is 2.14. The lowest BCUT2D eigenvalue weighted by molar-refractivity contribution is 0.291. The molecule has 2 nitrogen and oxygen atoms in total. The van der Waals surface area contributed by atoms with Crippen molar-refractivity contribution >= 4 is 0 Å². The Kier molecular flexibility index (Phi) is 2.45. The predicted molar refractivity (Wildman–Crippen MR) is 29.9 cm³/mol. The van der Waals surface area contributed by atoms with Crippen LogP contribution in [0.1, 0.15) is 0 Å². The van der Waals surface area contributed by atoms with Gasteiger partial charge in [-0.3, -0.25) is 0 Å². The van der Waals surface area contributed by atoms with Crippen LogP contribution in [-0.4, -0.2) is 30.7 Å². The fraction of sp³-hybridized carbons (Fsp3) is 0.600. The summed E-state index contributed by atoms with van der Waals surface area (Å²) in [5.41, 5.74) is 0.736. The van der Waals surface area contributed by atoms with Crippen LogP contribution in [0.15, 0.2) is 12.3 Å². The Labute approximate surface area is 44.1 Å². The maximum absolute atomic E-state index is 8.36. The van der Waals surface area contributed by atoms with E-state index in [1.165, 1.54) is 0 Å². The summed E-state index contributed by atoms with van der Waals surface area (Å²) in [6, 6.07) is 0. The van der Waals surface area contributed by atoms with Crippen LogP contribution in [0.2, 0.25) is 0 Å². The Hall–Kier alpha value is -0.500. The summed E-state index contributed by atoms with van der Waals surface area (Å²) < 4.78 is 0. The number of rotatable bonds is 2. The average Bonchev–Trinajstić information content (AvgIpc) is 1.65. The molecule has 0 aliphatic heterocycles. The Morgan fingerprint density at radius 2 is 2.14 bits per heavy atom. The monoisotopic (exact) mass is 101 g/mol. The molecule has 0 bridgehead atoms. The first kappa shape index (κ1) is 6.50. The van der Waals surface area contributed by atoms with Gasteiger partial charge in [0.2, 0.25) is 0 Å². The van der Waals surface area contributed by atoms with Crippen LogP contribution in [0, 0.1) is 0 Å². The second-order valence-electron chi connectivity index (χ2n) is 1.62. The van der Waals surface area contributed by atoms with E-state index < -0.39 is 0 Å². The van der Waals surface area contributed by atoms with Gasteiger partial charge in [0.15, 0.2) is 0 Å². The van der Waals surface area contributed by atoms with Gasteiger partial charge in [-0.15, -0.1) is 0 Å². The minimum absolute atomic E-state index is 0.0486. The van der Waals surface area contributed by atoms with E-state index in [4.69, 9.17) is 5.11 Å². The molecule has 0 saturated carbocycles. The fourth-order valence-electron chi connectivity index (χ4n) is 0.141. The summed E-state index contributed by atoms with van der Waals surface area (Å²) in [6.45, 7) is 3.60. The van der Waals surface area contributed by atoms with Gasteiger partial charge in [0.05, 0.1) is 6.61 Å². The summed E-state index contributed by atoms with van der Waals surface area (Å²) in [5, 5.41) is 8.36. The van der Waals surface area contributed by atoms with Crippen LogP contribution in [0.5, 0.6) is 0 Å². The van der Waals surface area contributed by atoms with Crippen molar-refractivity contribution in [2.75, 3.05) is 20.7 Å². The smallest absolute Gasteiger partial charge is 0.0823 e. The van der Waals surface area contributed by atoms with Crippen LogP contribution in [-0.2, 0) is 0 Å². The molecule has 0 radical (unpaired) electrons. The molecule has 0 atom stereocenters. The third-order valence-corrected chi connectivity index (χ3v) is 0.815. The van der Waals surface area contributed by atoms with Crippen molar-refractivity contribution in [3.05, 3.63) is 12.3 Å². The average molecular weight is 101 g/mol. The zero-order valence-corrected chi connectivity index (χ0v) is 4.81. The number of likely N-dealkylation sites (N-methyl/N-ethyl adjacent to an activating group) is 1. The van der Waals surface area contributed by atoms with Crippen LogP contribution >= 0.6 is 0 Å². The van der Waals surface area contributed by atoms with Gasteiger partial charge in [0, 0.05) is 19.8 Å². The van der Waals surface area contributed by atoms with Crippen LogP contribution in [0.4, 0.5) is 0 Å². The van der Waals surface area contributed by atoms with Crippen molar-refractivity contribution < 1.29 is 5.11 Å². The standard InChI is InChI=1S/C5H11NO/c1-5(4-7)6(2)3/h7H,1,4H2,2-3H3. The fourth-order valence-corrected chi connectivity index (χ4v) is 0.141. The third-order valence-electron chi connectivity index (χ3n) is 0.815. The SMILES string of the molecule is C=C(CO)N(C)C. The number of hydrogen-bond donors (Lipinski definition) is 1. The number of hydrogen-bond acceptors (Lipinski definition) is 2. The molecule has 0 aromatic carbocycles. The molecule has 0 spiro atoms. The van der Waals surface area contributed by atoms with E-state index in [0.29, 0.717) is 0 Å². The molecular weight excluding hydrogens is 90.1 g/mol. The van der Waals surface area contributed by atoms with E-state index in [1.807, 2.05) is 14.1 Å². The molecule has 42 valence electrons. The minimum atomic E-state index is 0.0486. The topological polar surface area (TPSA) is 23.5 Å². The summed E-state index contributed by atoms with van der Waals surface area (Å²) >= 11 is 0. The van der Waals surface area contributed by atoms with Crippen LogP contribution < -0.4 is 0 Å². The summed E-state index contributed by atoms with van der Waals surface area (Å²) in [4.78, 5) is 1.78. The van der Waals surface area contributed by atoms with Crippen LogP contribution in [0.3, 0.4) is 0 Å². The van der Waals surface area contributed by atoms with Gasteiger partial charge in [-0.2, -0.15) is 0 Å². The van der Waals surface area contributed by atoms with Crippen molar-refractivity contribution in [1.82, 2.24) is 4.90 Å². The molecular formula is C5H11NO. The maximum atomic E-state index is 8.36. The Balaban J connectivity index is 3.35. The summed E-state index contributed by atoms with van der Waals surface area (Å²) in [7, 11) is 3.69. The lowest BCUT2D eigenvalue weighted by Gasteiger charge is -2.11. The quantitative estimate of drug-likeness (QED) is 0.531. The van der Waals surface area contributed by atoms with Crippen molar-refractivity contribution in [3.8, 4) is 0 Å². The number of nitrogens with zero attached hydrogens (tertiary/aromatic N) is 1. The zero-order valence-electron chi connectivity index (χ0n) is 4.81. The molecule has 0 fully saturated rings. The van der Waals surface area contributed by atoms with E-state index in [-0.39, 0.29) is 6.61 Å². The van der Waals surface area contributed by atoms with Crippen molar-refractivity contribution in [3.63, 3.8) is 0 Å². The second kappa shape index (κ2) is 2.64. The first-order valence-electron chi connectivity index (χ1n) is 2.14. The zero-order chi connectivity index (χ0) is 5.86. The van der Waals surface area contributed by atoms with Gasteiger partial charge in [-0.25, -0.2) is 0 Å². The molecule has 0 unspecified atom stereocenters. The van der Waals surface area contributed by atoms with Gasteiger partial charge >= 0.3 is 0 Å². The van der Waals surface area contributed by atoms with Gasteiger partial charge in [0.1, 0.15) is 0 Å². The molecule has 0 aliphatic rings. The molecule has 0 aliphatic carbocycles. The van der Waals surface area contributed by atoms with Gasteiger partial charge in [-0.05, 0) is 0 Å². The second-order valence-corrected chi connectivity index (χ2v) is 1.62. The van der Waals surface area contributed by atoms with Crippen molar-refractivity contribution in [2.45, 2.75) is 0 Å². The normalized spacial score (nSPS) is 8.43. The summed E-state index contributed by atoms with van der Waals surface area (Å²) in [6.07, 6.45) is 0. The summed E-state index contributed by atoms with van der Waals surface area (Å²) in [5.74, 6) is 0. The Morgan fingerprint density at radius 3 is 2.14 bits per heavy atom. The lowest BCUT2D eigenvalue weighted by atomic mass is 10.5. The highest BCUT2D eigenvalue weighted by Crippen LogP contribution is 1.88. The first-order chi connectivity index (χ1) is 3.18. The van der Waals surface area contributed by atoms with E-state index >= 15 is 0 Å². The van der Waals surface area contributed by atoms with Gasteiger partial charge < -0.3 is 10.0 Å². The Morgan fingerprint density at radius 1 is 1.71 bits per heavy atom. The van der Waals surface area contributed by atoms with Crippen molar-refractivity contribution in [2.24, 2.45) is 0 Å². The predicted octanol–water partition coefficient (Wildman–Crippen LogP) is 0.0540. The Bertz CT molecular complexity index is 68.5. The van der Waals surface area contributed by atoms with E-state index in [1.54, 1.807) is 4.90 Å². The van der Waals surface area contributed by atoms with Crippen LogP contribution in [0.25, 0.3) is 0 Å². The van der Waals surface area contributed by atoms with E-state index in [0.717, 1.165) is 5.70 Å². The van der Waals surface area contributed by atoms with E-state index in [9.17, 15) is 0 Å². The van der Waals surface area contributed by atoms with Gasteiger partial charge in [-0.1, -0.05) is 6.58 Å². The molecule has 0 rings (SSSR count). The molecule has 7 heavy (non-hydrogen) atoms. The van der Waals surface area contributed by atoms with E-state index in [2.05, 4.69) is 6.58 Å². The van der Waals surface area contributed by atoms with Crippen molar-refractivity contribution in [1.29, 1.82) is 0 Å². The highest BCUT2D eigenvalue weighted by molar-refractivity contribution is 4.89. The third kappa shape index (κ3) is 2.23. The largest absolute Gasteiger partial charge is 0.390 e. The molecule has 0 amide bonds. The number of aliphatic hydroxyl groups excluding tert-OH is 1.